The van der Waals surface area contributed by atoms with Crippen LogP contribution in [0.4, 0.5) is 0 Å². The summed E-state index contributed by atoms with van der Waals surface area (Å²) in [6.07, 6.45) is 9.61. The van der Waals surface area contributed by atoms with E-state index in [9.17, 15) is 14.4 Å². The molecule has 0 aromatic heterocycles. The standard InChI is InChI=1S/C33H52O7/c1-18(17-37-20(3)34)8-11-28-19(2)31-29(40-28)15-27-25-10-9-23-14-24(38-21(4)35)12-13-32(23,6)26(25)16-30(33(27,31)7)39-22(5)36/h18-19,23-31H,8-17H2,1-7H3/t18-,19-,23+,24+,25-,26+,27+,28?,29+,30-,31+,32+,33-/m1/s1. The van der Waals surface area contributed by atoms with E-state index in [4.69, 9.17) is 18.9 Å². The van der Waals surface area contributed by atoms with Crippen LogP contribution in [0.5, 0.6) is 0 Å². The molecule has 0 bridgehead atoms. The molecule has 40 heavy (non-hydrogen) atoms. The van der Waals surface area contributed by atoms with Gasteiger partial charge < -0.3 is 18.9 Å². The largest absolute Gasteiger partial charge is 0.466 e. The lowest BCUT2D eigenvalue weighted by molar-refractivity contribution is -0.197. The Morgan fingerprint density at radius 3 is 2.33 bits per heavy atom. The number of carbonyl (C=O) groups excluding carboxylic acids is 3. The molecule has 0 amide bonds. The molecule has 226 valence electrons. The Kier molecular flexibility index (Phi) is 8.37. The van der Waals surface area contributed by atoms with E-state index in [1.165, 1.54) is 26.7 Å². The summed E-state index contributed by atoms with van der Waals surface area (Å²) in [5, 5.41) is 0. The van der Waals surface area contributed by atoms with E-state index in [2.05, 4.69) is 27.7 Å². The molecular weight excluding hydrogens is 508 g/mol. The van der Waals surface area contributed by atoms with Crippen LogP contribution < -0.4 is 0 Å². The first-order chi connectivity index (χ1) is 18.8. The number of hydrogen-bond donors (Lipinski definition) is 0. The molecule has 5 rings (SSSR count). The van der Waals surface area contributed by atoms with Gasteiger partial charge in [-0.2, -0.15) is 0 Å². The highest BCUT2D eigenvalue weighted by Gasteiger charge is 2.69. The number of fused-ring (bicyclic) bond motifs is 7. The highest BCUT2D eigenvalue weighted by molar-refractivity contribution is 5.66. The molecule has 1 heterocycles. The predicted molar refractivity (Wildman–Crippen MR) is 150 cm³/mol. The van der Waals surface area contributed by atoms with E-state index < -0.39 is 0 Å². The molecule has 0 aromatic carbocycles. The van der Waals surface area contributed by atoms with Gasteiger partial charge in [0, 0.05) is 26.2 Å². The molecular formula is C33H52O7. The van der Waals surface area contributed by atoms with Crippen molar-refractivity contribution < 1.29 is 33.3 Å². The minimum atomic E-state index is -0.224. The minimum Gasteiger partial charge on any atom is -0.466 e. The van der Waals surface area contributed by atoms with Gasteiger partial charge in [-0.05, 0) is 105 Å². The lowest BCUT2D eigenvalue weighted by atomic mass is 9.43. The van der Waals surface area contributed by atoms with Crippen LogP contribution in [0, 0.1) is 52.3 Å². The zero-order valence-electron chi connectivity index (χ0n) is 25.8. The van der Waals surface area contributed by atoms with E-state index >= 15 is 0 Å². The maximum atomic E-state index is 12.5. The van der Waals surface area contributed by atoms with Crippen molar-refractivity contribution in [2.45, 2.75) is 131 Å². The average molecular weight is 561 g/mol. The van der Waals surface area contributed by atoms with Gasteiger partial charge in [-0.15, -0.1) is 0 Å². The summed E-state index contributed by atoms with van der Waals surface area (Å²) in [6, 6.07) is 0. The fraction of sp³-hybridized carbons (Fsp3) is 0.909. The van der Waals surface area contributed by atoms with Gasteiger partial charge in [0.25, 0.3) is 0 Å². The SMILES string of the molecule is CC(=O)OC[C@H](C)CCC1O[C@H]2C[C@H]3[C@@H]4CC[C@H]5C[C@@H](OC(C)=O)CC[C@]5(C)[C@H]4C[C@@H](OC(C)=O)[C@]3(C)[C@H]2[C@@H]1C. The first-order valence-electron chi connectivity index (χ1n) is 16.0. The van der Waals surface area contributed by atoms with Crippen LogP contribution in [-0.4, -0.2) is 48.9 Å². The van der Waals surface area contributed by atoms with Crippen molar-refractivity contribution in [3.63, 3.8) is 0 Å². The van der Waals surface area contributed by atoms with Crippen LogP contribution in [0.2, 0.25) is 0 Å². The summed E-state index contributed by atoms with van der Waals surface area (Å²) in [5.41, 5.74) is 0.0945. The van der Waals surface area contributed by atoms with Gasteiger partial charge in [-0.1, -0.05) is 27.7 Å². The maximum absolute atomic E-state index is 12.5. The lowest BCUT2D eigenvalue weighted by Crippen LogP contribution is -2.59. The molecule has 7 heteroatoms. The van der Waals surface area contributed by atoms with E-state index in [-0.39, 0.29) is 53.2 Å². The molecule has 4 saturated carbocycles. The van der Waals surface area contributed by atoms with Crippen molar-refractivity contribution in [2.75, 3.05) is 6.61 Å². The second-order valence-corrected chi connectivity index (χ2v) is 14.7. The molecule has 7 nitrogen and oxygen atoms in total. The van der Waals surface area contributed by atoms with Gasteiger partial charge >= 0.3 is 17.9 Å². The fourth-order valence-corrected chi connectivity index (χ4v) is 10.7. The van der Waals surface area contributed by atoms with Gasteiger partial charge in [-0.3, -0.25) is 14.4 Å². The Hall–Kier alpha value is -1.63. The van der Waals surface area contributed by atoms with E-state index in [0.717, 1.165) is 44.9 Å². The Balaban J connectivity index is 1.34. The van der Waals surface area contributed by atoms with Gasteiger partial charge in [-0.25, -0.2) is 0 Å². The van der Waals surface area contributed by atoms with Crippen molar-refractivity contribution in [1.82, 2.24) is 0 Å². The van der Waals surface area contributed by atoms with Crippen molar-refractivity contribution in [2.24, 2.45) is 52.3 Å². The highest BCUT2D eigenvalue weighted by atomic mass is 16.6. The molecule has 1 aliphatic heterocycles. The smallest absolute Gasteiger partial charge is 0.302 e. The number of ether oxygens (including phenoxy) is 4. The molecule has 0 N–H and O–H groups in total. The summed E-state index contributed by atoms with van der Waals surface area (Å²) >= 11 is 0. The molecule has 0 spiro atoms. The topological polar surface area (TPSA) is 88.1 Å². The van der Waals surface area contributed by atoms with Crippen LogP contribution in [0.25, 0.3) is 0 Å². The summed E-state index contributed by atoms with van der Waals surface area (Å²) in [6.45, 7) is 14.4. The van der Waals surface area contributed by atoms with Crippen molar-refractivity contribution in [3.05, 3.63) is 0 Å². The van der Waals surface area contributed by atoms with Crippen molar-refractivity contribution in [1.29, 1.82) is 0 Å². The molecule has 5 fully saturated rings. The van der Waals surface area contributed by atoms with E-state index in [1.54, 1.807) is 6.92 Å². The molecule has 4 aliphatic carbocycles. The predicted octanol–water partition coefficient (Wildman–Crippen LogP) is 6.11. The van der Waals surface area contributed by atoms with Gasteiger partial charge in [0.2, 0.25) is 0 Å². The summed E-state index contributed by atoms with van der Waals surface area (Å²) in [7, 11) is 0. The van der Waals surface area contributed by atoms with Crippen LogP contribution >= 0.6 is 0 Å². The first-order valence-corrected chi connectivity index (χ1v) is 16.0. The minimum absolute atomic E-state index is 0.0408. The lowest BCUT2D eigenvalue weighted by Gasteiger charge is -2.62. The van der Waals surface area contributed by atoms with Gasteiger partial charge in [0.15, 0.2) is 0 Å². The normalized spacial score (nSPS) is 46.3. The summed E-state index contributed by atoms with van der Waals surface area (Å²) in [4.78, 5) is 35.4. The third-order valence-electron chi connectivity index (χ3n) is 12.4. The van der Waals surface area contributed by atoms with E-state index in [0.29, 0.717) is 48.0 Å². The Morgan fingerprint density at radius 2 is 1.65 bits per heavy atom. The zero-order chi connectivity index (χ0) is 29.0. The van der Waals surface area contributed by atoms with Crippen LogP contribution in [0.3, 0.4) is 0 Å². The molecule has 0 aromatic rings. The third-order valence-corrected chi connectivity index (χ3v) is 12.4. The Morgan fingerprint density at radius 1 is 0.925 bits per heavy atom. The molecule has 1 unspecified atom stereocenters. The van der Waals surface area contributed by atoms with Crippen molar-refractivity contribution >= 4 is 17.9 Å². The fourth-order valence-electron chi connectivity index (χ4n) is 10.7. The highest BCUT2D eigenvalue weighted by Crippen LogP contribution is 2.70. The van der Waals surface area contributed by atoms with Gasteiger partial charge in [0.05, 0.1) is 18.8 Å². The number of rotatable bonds is 7. The van der Waals surface area contributed by atoms with Gasteiger partial charge in [0.1, 0.15) is 12.2 Å². The van der Waals surface area contributed by atoms with Crippen LogP contribution in [-0.2, 0) is 33.3 Å². The zero-order valence-corrected chi connectivity index (χ0v) is 25.8. The molecule has 0 radical (unpaired) electrons. The molecule has 5 aliphatic rings. The number of hydrogen-bond acceptors (Lipinski definition) is 7. The molecule has 1 saturated heterocycles. The Bertz CT molecular complexity index is 980. The summed E-state index contributed by atoms with van der Waals surface area (Å²) < 4.78 is 24.0. The van der Waals surface area contributed by atoms with Crippen LogP contribution in [0.1, 0.15) is 106 Å². The number of carbonyl (C=O) groups is 3. The molecule has 13 atom stereocenters. The first kappa shape index (κ1) is 29.8. The number of esters is 3. The quantitative estimate of drug-likeness (QED) is 0.274. The second-order valence-electron chi connectivity index (χ2n) is 14.7. The van der Waals surface area contributed by atoms with Crippen LogP contribution in [0.15, 0.2) is 0 Å². The third kappa shape index (κ3) is 5.22. The average Bonchev–Trinajstić information content (AvgIpc) is 3.35. The van der Waals surface area contributed by atoms with Crippen molar-refractivity contribution in [3.8, 4) is 0 Å². The summed E-state index contributed by atoms with van der Waals surface area (Å²) in [5.74, 6) is 2.66. The maximum Gasteiger partial charge on any atom is 0.302 e. The second kappa shape index (κ2) is 11.2. The monoisotopic (exact) mass is 560 g/mol. The Labute approximate surface area is 240 Å². The van der Waals surface area contributed by atoms with E-state index in [1.807, 2.05) is 0 Å².